The van der Waals surface area contributed by atoms with Crippen molar-refractivity contribution in [2.24, 2.45) is 0 Å². The van der Waals surface area contributed by atoms with E-state index in [9.17, 15) is 0 Å². The van der Waals surface area contributed by atoms with Gasteiger partial charge in [0.05, 0.1) is 30.4 Å². The smallest absolute Gasteiger partial charge is 0.195 e. The van der Waals surface area contributed by atoms with Gasteiger partial charge in [0.25, 0.3) is 0 Å². The Labute approximate surface area is 117 Å². The van der Waals surface area contributed by atoms with Crippen molar-refractivity contribution >= 4 is 23.2 Å². The maximum Gasteiger partial charge on any atom is 0.195 e. The number of hydrogen-bond acceptors (Lipinski definition) is 3. The first-order valence-corrected chi connectivity index (χ1v) is 6.70. The van der Waals surface area contributed by atoms with Crippen LogP contribution in [-0.2, 0) is 15.3 Å². The largest absolute Gasteiger partial charge is 0.494 e. The zero-order valence-corrected chi connectivity index (χ0v) is 12.0. The molecule has 0 aromatic heterocycles. The van der Waals surface area contributed by atoms with Gasteiger partial charge in [-0.1, -0.05) is 36.5 Å². The highest BCUT2D eigenvalue weighted by molar-refractivity contribution is 6.37. The Bertz CT molecular complexity index is 405. The van der Waals surface area contributed by atoms with Gasteiger partial charge in [-0.2, -0.15) is 0 Å². The fraction of sp³-hybridized carbons (Fsp3) is 0.538. The molecule has 1 aromatic carbocycles. The van der Waals surface area contributed by atoms with E-state index < -0.39 is 5.79 Å². The van der Waals surface area contributed by atoms with Crippen molar-refractivity contribution in [3.63, 3.8) is 0 Å². The molecule has 0 unspecified atom stereocenters. The molecule has 0 radical (unpaired) electrons. The van der Waals surface area contributed by atoms with E-state index >= 15 is 0 Å². The molecule has 3 nitrogen and oxygen atoms in total. The first kappa shape index (κ1) is 13.9. The molecule has 1 aliphatic rings. The van der Waals surface area contributed by atoms with Crippen molar-refractivity contribution in [1.82, 2.24) is 0 Å². The summed E-state index contributed by atoms with van der Waals surface area (Å²) in [6.07, 6.45) is 1.72. The van der Waals surface area contributed by atoms with Crippen LogP contribution >= 0.6 is 23.2 Å². The predicted octanol–water partition coefficient (Wildman–Crippen LogP) is 4.00. The number of benzene rings is 1. The first-order chi connectivity index (χ1) is 8.63. The molecule has 100 valence electrons. The molecular weight excluding hydrogens is 275 g/mol. The normalized spacial score (nSPS) is 18.0. The molecule has 2 rings (SSSR count). The fourth-order valence-electron chi connectivity index (χ4n) is 2.21. The Morgan fingerprint density at radius 3 is 2.22 bits per heavy atom. The van der Waals surface area contributed by atoms with Crippen LogP contribution in [0.3, 0.4) is 0 Å². The minimum absolute atomic E-state index is 0.467. The van der Waals surface area contributed by atoms with Crippen LogP contribution in [0.4, 0.5) is 0 Å². The van der Waals surface area contributed by atoms with Gasteiger partial charge < -0.3 is 14.2 Å². The lowest BCUT2D eigenvalue weighted by atomic mass is 10.0. The minimum atomic E-state index is -0.714. The third-order valence-corrected chi connectivity index (χ3v) is 3.54. The molecule has 0 saturated carbocycles. The van der Waals surface area contributed by atoms with Crippen LogP contribution in [0.1, 0.15) is 25.3 Å². The number of ether oxygens (including phenoxy) is 3. The first-order valence-electron chi connectivity index (χ1n) is 5.94. The van der Waals surface area contributed by atoms with Crippen LogP contribution in [0.25, 0.3) is 0 Å². The third-order valence-electron chi connectivity index (χ3n) is 2.98. The summed E-state index contributed by atoms with van der Waals surface area (Å²) in [5.74, 6) is -0.236. The van der Waals surface area contributed by atoms with Gasteiger partial charge in [-0.05, 0) is 12.1 Å². The maximum absolute atomic E-state index is 6.15. The zero-order chi connectivity index (χ0) is 13.2. The Morgan fingerprint density at radius 2 is 1.78 bits per heavy atom. The van der Waals surface area contributed by atoms with Crippen LogP contribution in [0.15, 0.2) is 12.1 Å². The maximum atomic E-state index is 6.15. The van der Waals surface area contributed by atoms with E-state index in [2.05, 4.69) is 6.92 Å². The summed E-state index contributed by atoms with van der Waals surface area (Å²) in [5.41, 5.74) is 0.845. The number of hydrogen-bond donors (Lipinski definition) is 0. The van der Waals surface area contributed by atoms with Gasteiger partial charge in [-0.25, -0.2) is 0 Å². The van der Waals surface area contributed by atoms with Gasteiger partial charge >= 0.3 is 0 Å². The van der Waals surface area contributed by atoms with E-state index in [1.807, 2.05) is 0 Å². The molecule has 0 amide bonds. The molecular formula is C13H16Cl2O3. The Morgan fingerprint density at radius 1 is 1.22 bits per heavy atom. The van der Waals surface area contributed by atoms with E-state index in [0.29, 0.717) is 29.0 Å². The van der Waals surface area contributed by atoms with Gasteiger partial charge in [0, 0.05) is 12.0 Å². The lowest BCUT2D eigenvalue weighted by molar-refractivity contribution is -0.170. The average Bonchev–Trinajstić information content (AvgIpc) is 2.79. The van der Waals surface area contributed by atoms with Crippen molar-refractivity contribution in [3.8, 4) is 5.75 Å². The molecule has 0 N–H and O–H groups in total. The standard InChI is InChI=1S/C13H16Cl2O3/c1-3-4-13(17-5-6-18-13)9-7-10(14)12(16-2)11(15)8-9/h7-8H,3-6H2,1-2H3. The summed E-state index contributed by atoms with van der Waals surface area (Å²) in [4.78, 5) is 0. The van der Waals surface area contributed by atoms with Crippen molar-refractivity contribution in [2.75, 3.05) is 20.3 Å². The lowest BCUT2D eigenvalue weighted by Gasteiger charge is -2.28. The molecule has 18 heavy (non-hydrogen) atoms. The summed E-state index contributed by atoms with van der Waals surface area (Å²) < 4.78 is 16.7. The second kappa shape index (κ2) is 5.66. The minimum Gasteiger partial charge on any atom is -0.494 e. The third kappa shape index (κ3) is 2.45. The van der Waals surface area contributed by atoms with Crippen molar-refractivity contribution in [3.05, 3.63) is 27.7 Å². The highest BCUT2D eigenvalue weighted by Gasteiger charge is 2.38. The summed E-state index contributed by atoms with van der Waals surface area (Å²) in [5, 5.41) is 0.934. The van der Waals surface area contributed by atoms with Crippen molar-refractivity contribution in [2.45, 2.75) is 25.6 Å². The molecule has 1 saturated heterocycles. The van der Waals surface area contributed by atoms with Crippen LogP contribution in [0, 0.1) is 0 Å². The summed E-state index contributed by atoms with van der Waals surface area (Å²) in [7, 11) is 1.54. The van der Waals surface area contributed by atoms with Crippen LogP contribution in [-0.4, -0.2) is 20.3 Å². The molecule has 1 aliphatic heterocycles. The molecule has 5 heteroatoms. The van der Waals surface area contributed by atoms with Gasteiger partial charge in [0.1, 0.15) is 0 Å². The summed E-state index contributed by atoms with van der Waals surface area (Å²) in [6.45, 7) is 3.25. The molecule has 0 aliphatic carbocycles. The van der Waals surface area contributed by atoms with Gasteiger partial charge in [-0.3, -0.25) is 0 Å². The van der Waals surface area contributed by atoms with Crippen LogP contribution in [0.2, 0.25) is 10.0 Å². The average molecular weight is 291 g/mol. The Hall–Kier alpha value is -0.480. The van der Waals surface area contributed by atoms with Crippen LogP contribution in [0.5, 0.6) is 5.75 Å². The van der Waals surface area contributed by atoms with E-state index in [1.165, 1.54) is 7.11 Å². The molecule has 1 fully saturated rings. The topological polar surface area (TPSA) is 27.7 Å². The molecule has 1 aromatic rings. The summed E-state index contributed by atoms with van der Waals surface area (Å²) in [6, 6.07) is 3.60. The van der Waals surface area contributed by atoms with Gasteiger partial charge in [0.15, 0.2) is 11.5 Å². The fourth-order valence-corrected chi connectivity index (χ4v) is 2.86. The van der Waals surface area contributed by atoms with E-state index in [1.54, 1.807) is 12.1 Å². The number of rotatable bonds is 4. The Balaban J connectivity index is 2.43. The quantitative estimate of drug-likeness (QED) is 0.839. The molecule has 0 bridgehead atoms. The summed E-state index contributed by atoms with van der Waals surface area (Å²) >= 11 is 12.3. The zero-order valence-electron chi connectivity index (χ0n) is 10.5. The second-order valence-electron chi connectivity index (χ2n) is 4.17. The predicted molar refractivity (Wildman–Crippen MR) is 71.5 cm³/mol. The highest BCUT2D eigenvalue weighted by Crippen LogP contribution is 2.42. The number of methoxy groups -OCH3 is 1. The Kier molecular flexibility index (Phi) is 4.38. The van der Waals surface area contributed by atoms with Crippen molar-refractivity contribution < 1.29 is 14.2 Å². The van der Waals surface area contributed by atoms with E-state index in [-0.39, 0.29) is 0 Å². The van der Waals surface area contributed by atoms with Crippen LogP contribution < -0.4 is 4.74 Å². The van der Waals surface area contributed by atoms with Gasteiger partial charge in [0.2, 0.25) is 0 Å². The SMILES string of the molecule is CCCC1(c2cc(Cl)c(OC)c(Cl)c2)OCCO1. The molecule has 0 atom stereocenters. The van der Waals surface area contributed by atoms with E-state index in [4.69, 9.17) is 37.4 Å². The van der Waals surface area contributed by atoms with Gasteiger partial charge in [-0.15, -0.1) is 0 Å². The second-order valence-corrected chi connectivity index (χ2v) is 4.99. The highest BCUT2D eigenvalue weighted by atomic mass is 35.5. The molecule has 1 heterocycles. The van der Waals surface area contributed by atoms with E-state index in [0.717, 1.165) is 18.4 Å². The number of halogens is 2. The molecule has 0 spiro atoms. The monoisotopic (exact) mass is 290 g/mol. The lowest BCUT2D eigenvalue weighted by Crippen LogP contribution is -2.27. The van der Waals surface area contributed by atoms with Crippen molar-refractivity contribution in [1.29, 1.82) is 0 Å².